The Morgan fingerprint density at radius 1 is 1.16 bits per heavy atom. The van der Waals surface area contributed by atoms with Gasteiger partial charge in [0.1, 0.15) is 0 Å². The maximum Gasteiger partial charge on any atom is 0.284 e. The molecule has 0 bridgehead atoms. The van der Waals surface area contributed by atoms with Crippen LogP contribution >= 0.6 is 24.0 Å². The molecule has 0 unspecified atom stereocenters. The minimum Gasteiger partial charge on any atom is -0.411 e. The van der Waals surface area contributed by atoms with E-state index in [2.05, 4.69) is 30.8 Å². The van der Waals surface area contributed by atoms with Crippen molar-refractivity contribution in [3.8, 4) is 11.5 Å². The lowest BCUT2D eigenvalue weighted by Crippen LogP contribution is -2.30. The monoisotopic (exact) mass is 374 g/mol. The Morgan fingerprint density at radius 2 is 1.92 bits per heavy atom. The van der Waals surface area contributed by atoms with Gasteiger partial charge >= 0.3 is 0 Å². The Morgan fingerprint density at radius 3 is 2.64 bits per heavy atom. The van der Waals surface area contributed by atoms with Crippen molar-refractivity contribution in [3.05, 3.63) is 42.7 Å². The lowest BCUT2D eigenvalue weighted by molar-refractivity contribution is 0.301. The molecular weight excluding hydrogens is 360 g/mol. The molecule has 0 aliphatic rings. The van der Waals surface area contributed by atoms with Crippen LogP contribution < -0.4 is 10.6 Å². The highest BCUT2D eigenvalue weighted by Crippen LogP contribution is 2.27. The van der Waals surface area contributed by atoms with Crippen molar-refractivity contribution >= 4 is 34.8 Å². The number of benzene rings is 1. The van der Waals surface area contributed by atoms with Gasteiger partial charge in [-0.1, -0.05) is 0 Å². The van der Waals surface area contributed by atoms with Crippen LogP contribution in [0.4, 0.5) is 5.69 Å². The maximum absolute atomic E-state index is 8.76. The standard InChI is InChI=1S/C15H14N6O2S2/c22-9-8-16-13(24)19-11-4-2-10(3-5-11)12-20-21-15(23-12)25-14-17-6-1-7-18-14/h1-7,22H,8-9H2,(H2,16,19,24). The van der Waals surface area contributed by atoms with E-state index in [9.17, 15) is 0 Å². The zero-order valence-electron chi connectivity index (χ0n) is 12.9. The summed E-state index contributed by atoms with van der Waals surface area (Å²) in [5.41, 5.74) is 1.60. The van der Waals surface area contributed by atoms with Gasteiger partial charge in [-0.15, -0.1) is 10.2 Å². The first kappa shape index (κ1) is 17.3. The Balaban J connectivity index is 1.63. The zero-order valence-corrected chi connectivity index (χ0v) is 14.5. The number of nitrogens with one attached hydrogen (secondary N) is 2. The van der Waals surface area contributed by atoms with Crippen LogP contribution in [0, 0.1) is 0 Å². The van der Waals surface area contributed by atoms with E-state index in [1.165, 1.54) is 11.8 Å². The second-order valence-electron chi connectivity index (χ2n) is 4.69. The Bertz CT molecular complexity index is 826. The smallest absolute Gasteiger partial charge is 0.284 e. The summed E-state index contributed by atoms with van der Waals surface area (Å²) in [7, 11) is 0. The van der Waals surface area contributed by atoms with Gasteiger partial charge in [-0.3, -0.25) is 0 Å². The molecule has 2 aromatic heterocycles. The second-order valence-corrected chi connectivity index (χ2v) is 6.02. The second kappa shape index (κ2) is 8.51. The van der Waals surface area contributed by atoms with Crippen molar-refractivity contribution < 1.29 is 9.52 Å². The fourth-order valence-electron chi connectivity index (χ4n) is 1.82. The molecular formula is C15H14N6O2S2. The lowest BCUT2D eigenvalue weighted by Gasteiger charge is -2.09. The molecule has 0 saturated heterocycles. The first-order valence-electron chi connectivity index (χ1n) is 7.29. The molecule has 0 aliphatic heterocycles. The molecule has 0 aliphatic carbocycles. The molecule has 0 spiro atoms. The van der Waals surface area contributed by atoms with Crippen molar-refractivity contribution in [1.82, 2.24) is 25.5 Å². The van der Waals surface area contributed by atoms with Gasteiger partial charge in [0.2, 0.25) is 5.89 Å². The van der Waals surface area contributed by atoms with Gasteiger partial charge < -0.3 is 20.2 Å². The molecule has 0 radical (unpaired) electrons. The summed E-state index contributed by atoms with van der Waals surface area (Å²) in [6.45, 7) is 0.420. The average Bonchev–Trinajstić information content (AvgIpc) is 3.10. The summed E-state index contributed by atoms with van der Waals surface area (Å²) in [5, 5.41) is 24.0. The lowest BCUT2D eigenvalue weighted by atomic mass is 10.2. The van der Waals surface area contributed by atoms with E-state index in [-0.39, 0.29) is 6.61 Å². The topological polar surface area (TPSA) is 109 Å². The summed E-state index contributed by atoms with van der Waals surface area (Å²) in [6.07, 6.45) is 3.30. The number of hydrogen-bond donors (Lipinski definition) is 3. The summed E-state index contributed by atoms with van der Waals surface area (Å²) in [5.74, 6) is 0.408. The van der Waals surface area contributed by atoms with Crippen molar-refractivity contribution in [3.63, 3.8) is 0 Å². The average molecular weight is 374 g/mol. The van der Waals surface area contributed by atoms with Crippen LogP contribution in [-0.2, 0) is 0 Å². The van der Waals surface area contributed by atoms with Crippen molar-refractivity contribution in [1.29, 1.82) is 0 Å². The SMILES string of the molecule is OCCNC(=S)Nc1ccc(-c2nnc(Sc3ncccn3)o2)cc1. The van der Waals surface area contributed by atoms with Crippen LogP contribution in [-0.4, -0.2) is 43.5 Å². The van der Waals surface area contributed by atoms with Gasteiger partial charge in [-0.2, -0.15) is 0 Å². The molecule has 8 nitrogen and oxygen atoms in total. The van der Waals surface area contributed by atoms with Crippen LogP contribution in [0.5, 0.6) is 0 Å². The van der Waals surface area contributed by atoms with E-state index in [1.807, 2.05) is 24.3 Å². The highest BCUT2D eigenvalue weighted by Gasteiger charge is 2.11. The number of anilines is 1. The predicted molar refractivity (Wildman–Crippen MR) is 97.2 cm³/mol. The normalized spacial score (nSPS) is 10.4. The Kier molecular flexibility index (Phi) is 5.88. The highest BCUT2D eigenvalue weighted by atomic mass is 32.2. The van der Waals surface area contributed by atoms with Crippen molar-refractivity contribution in [2.45, 2.75) is 10.4 Å². The molecule has 3 aromatic rings. The summed E-state index contributed by atoms with van der Waals surface area (Å²) in [4.78, 5) is 8.20. The zero-order chi connectivity index (χ0) is 17.5. The molecule has 10 heteroatoms. The van der Waals surface area contributed by atoms with E-state index < -0.39 is 0 Å². The number of aliphatic hydroxyl groups excluding tert-OH is 1. The molecule has 0 fully saturated rings. The van der Waals surface area contributed by atoms with Crippen molar-refractivity contribution in [2.75, 3.05) is 18.5 Å². The van der Waals surface area contributed by atoms with E-state index in [4.69, 9.17) is 21.7 Å². The van der Waals surface area contributed by atoms with Crippen LogP contribution in [0.25, 0.3) is 11.5 Å². The molecule has 25 heavy (non-hydrogen) atoms. The molecule has 1 aromatic carbocycles. The first-order chi connectivity index (χ1) is 12.2. The van der Waals surface area contributed by atoms with Gasteiger partial charge in [-0.25, -0.2) is 9.97 Å². The van der Waals surface area contributed by atoms with Gasteiger partial charge in [0.15, 0.2) is 10.3 Å². The third kappa shape index (κ3) is 4.95. The molecule has 0 amide bonds. The third-order valence-corrected chi connectivity index (χ3v) is 3.89. The molecule has 128 valence electrons. The van der Waals surface area contributed by atoms with Crippen LogP contribution in [0.1, 0.15) is 0 Å². The Labute approximate surface area is 153 Å². The number of aliphatic hydroxyl groups is 1. The maximum atomic E-state index is 8.76. The van der Waals surface area contributed by atoms with E-state index in [1.54, 1.807) is 18.5 Å². The number of thiocarbonyl (C=S) groups is 1. The van der Waals surface area contributed by atoms with Crippen molar-refractivity contribution in [2.24, 2.45) is 0 Å². The number of nitrogens with zero attached hydrogens (tertiary/aromatic N) is 4. The molecule has 0 atom stereocenters. The molecule has 2 heterocycles. The first-order valence-corrected chi connectivity index (χ1v) is 8.51. The van der Waals surface area contributed by atoms with E-state index in [0.717, 1.165) is 11.3 Å². The number of rotatable bonds is 6. The third-order valence-electron chi connectivity index (χ3n) is 2.91. The van der Waals surface area contributed by atoms with Crippen LogP contribution in [0.2, 0.25) is 0 Å². The van der Waals surface area contributed by atoms with Gasteiger partial charge in [0.05, 0.1) is 6.61 Å². The summed E-state index contributed by atoms with van der Waals surface area (Å²) < 4.78 is 5.62. The number of aromatic nitrogens is 4. The minimum atomic E-state index is 0.0201. The Hall–Kier alpha value is -2.56. The summed E-state index contributed by atoms with van der Waals surface area (Å²) in [6, 6.07) is 9.12. The highest BCUT2D eigenvalue weighted by molar-refractivity contribution is 7.98. The largest absolute Gasteiger partial charge is 0.411 e. The number of hydrogen-bond acceptors (Lipinski definition) is 8. The fraction of sp³-hybridized carbons (Fsp3) is 0.133. The van der Waals surface area contributed by atoms with E-state index in [0.29, 0.717) is 27.9 Å². The van der Waals surface area contributed by atoms with Gasteiger partial charge in [-0.05, 0) is 42.5 Å². The molecule has 3 rings (SSSR count). The van der Waals surface area contributed by atoms with E-state index >= 15 is 0 Å². The summed E-state index contributed by atoms with van der Waals surface area (Å²) >= 11 is 6.31. The van der Waals surface area contributed by atoms with Crippen LogP contribution in [0.15, 0.2) is 57.5 Å². The van der Waals surface area contributed by atoms with Crippen LogP contribution in [0.3, 0.4) is 0 Å². The minimum absolute atomic E-state index is 0.0201. The predicted octanol–water partition coefficient (Wildman–Crippen LogP) is 1.96. The molecule has 3 N–H and O–H groups in total. The quantitative estimate of drug-likeness (QED) is 0.437. The van der Waals surface area contributed by atoms with Gasteiger partial charge in [0, 0.05) is 42.0 Å². The fourth-order valence-corrected chi connectivity index (χ4v) is 2.63. The molecule has 0 saturated carbocycles. The van der Waals surface area contributed by atoms with Gasteiger partial charge in [0.25, 0.3) is 5.22 Å².